The van der Waals surface area contributed by atoms with E-state index in [-0.39, 0.29) is 17.3 Å². The number of allylic oxidation sites excluding steroid dienone is 4. The van der Waals surface area contributed by atoms with Gasteiger partial charge in [0.25, 0.3) is 0 Å². The second-order valence-corrected chi connectivity index (χ2v) is 9.83. The highest BCUT2D eigenvalue weighted by Gasteiger charge is 2.40. The number of hydrogen-bond donors (Lipinski definition) is 1. The maximum atomic E-state index is 12.5. The Labute approximate surface area is 198 Å². The molecule has 0 aliphatic carbocycles. The Morgan fingerprint density at radius 3 is 2.55 bits per heavy atom. The topological polar surface area (TPSA) is 72.8 Å². The summed E-state index contributed by atoms with van der Waals surface area (Å²) in [5.41, 5.74) is 2.47. The van der Waals surface area contributed by atoms with Crippen molar-refractivity contribution in [3.8, 4) is 11.5 Å². The minimum atomic E-state index is -0.812. The molecule has 1 aliphatic rings. The molecule has 5 heteroatoms. The third-order valence-electron chi connectivity index (χ3n) is 5.94. The van der Waals surface area contributed by atoms with E-state index in [9.17, 15) is 14.7 Å². The number of phenols is 1. The van der Waals surface area contributed by atoms with Gasteiger partial charge in [-0.2, -0.15) is 0 Å². The van der Waals surface area contributed by atoms with Gasteiger partial charge in [0.15, 0.2) is 11.6 Å². The van der Waals surface area contributed by atoms with Gasteiger partial charge in [-0.05, 0) is 103 Å². The molecule has 1 aliphatic heterocycles. The lowest BCUT2D eigenvalue weighted by Gasteiger charge is -2.38. The molecule has 2 rings (SSSR count). The molecule has 1 heterocycles. The molecule has 1 aromatic rings. The first-order valence-electron chi connectivity index (χ1n) is 11.5. The molecule has 0 saturated carbocycles. The second-order valence-electron chi connectivity index (χ2n) is 9.83. The lowest BCUT2D eigenvalue weighted by molar-refractivity contribution is -0.157. The van der Waals surface area contributed by atoms with Crippen LogP contribution in [0.5, 0.6) is 11.5 Å². The average Bonchev–Trinajstić information content (AvgIpc) is 2.68. The quantitative estimate of drug-likeness (QED) is 0.348. The van der Waals surface area contributed by atoms with Crippen LogP contribution in [0.1, 0.15) is 71.4 Å². The van der Waals surface area contributed by atoms with Gasteiger partial charge in [-0.15, -0.1) is 0 Å². The summed E-state index contributed by atoms with van der Waals surface area (Å²) in [6.07, 6.45) is 10.2. The molecule has 180 valence electrons. The monoisotopic (exact) mass is 454 g/mol. The van der Waals surface area contributed by atoms with Gasteiger partial charge >= 0.3 is 0 Å². The van der Waals surface area contributed by atoms with Gasteiger partial charge < -0.3 is 14.6 Å². The van der Waals surface area contributed by atoms with Crippen molar-refractivity contribution in [1.82, 2.24) is 0 Å². The van der Waals surface area contributed by atoms with E-state index in [0.29, 0.717) is 19.3 Å². The Bertz CT molecular complexity index is 980. The summed E-state index contributed by atoms with van der Waals surface area (Å²) in [6, 6.07) is 3.36. The molecule has 33 heavy (non-hydrogen) atoms. The minimum absolute atomic E-state index is 0.00106. The molecule has 0 radical (unpaired) electrons. The summed E-state index contributed by atoms with van der Waals surface area (Å²) in [5.74, 6) is 1.02. The fourth-order valence-corrected chi connectivity index (χ4v) is 4.30. The minimum Gasteiger partial charge on any atom is -0.508 e. The van der Waals surface area contributed by atoms with Crippen LogP contribution < -0.4 is 4.74 Å². The van der Waals surface area contributed by atoms with E-state index in [1.807, 2.05) is 47.6 Å². The molecule has 1 atom stereocenters. The van der Waals surface area contributed by atoms with Crippen LogP contribution in [0.25, 0.3) is 0 Å². The predicted molar refractivity (Wildman–Crippen MR) is 132 cm³/mol. The highest BCUT2D eigenvalue weighted by Crippen LogP contribution is 2.32. The first-order chi connectivity index (χ1) is 15.3. The summed E-state index contributed by atoms with van der Waals surface area (Å²) in [6.45, 7) is 11.5. The van der Waals surface area contributed by atoms with Crippen molar-refractivity contribution in [2.45, 2.75) is 84.8 Å². The largest absolute Gasteiger partial charge is 0.508 e. The summed E-state index contributed by atoms with van der Waals surface area (Å²) < 4.78 is 11.5. The molecule has 0 saturated heterocycles. The van der Waals surface area contributed by atoms with E-state index in [1.54, 1.807) is 37.5 Å². The zero-order valence-electron chi connectivity index (χ0n) is 21.1. The van der Waals surface area contributed by atoms with Crippen LogP contribution in [0.3, 0.4) is 0 Å². The van der Waals surface area contributed by atoms with Crippen molar-refractivity contribution in [2.24, 2.45) is 0 Å². The van der Waals surface area contributed by atoms with E-state index in [1.165, 1.54) is 0 Å². The van der Waals surface area contributed by atoms with E-state index in [4.69, 9.17) is 9.47 Å². The number of ketones is 2. The van der Waals surface area contributed by atoms with Gasteiger partial charge in [-0.3, -0.25) is 9.59 Å². The summed E-state index contributed by atoms with van der Waals surface area (Å²) in [7, 11) is 1.62. The third kappa shape index (κ3) is 7.71. The van der Waals surface area contributed by atoms with E-state index in [0.717, 1.165) is 40.9 Å². The highest BCUT2D eigenvalue weighted by molar-refractivity contribution is 5.97. The molecule has 0 aromatic heterocycles. The van der Waals surface area contributed by atoms with E-state index >= 15 is 0 Å². The number of methoxy groups -OCH3 is 1. The first kappa shape index (κ1) is 26.6. The first-order valence-corrected chi connectivity index (χ1v) is 11.5. The SMILES string of the molecule is COc1c(C)cc(O)cc1C/C=C(\C)CC(=O)/C=C(\C)CCC[C@@]1(C)OC(C)(C)C=CC1=O. The van der Waals surface area contributed by atoms with Crippen molar-refractivity contribution in [3.63, 3.8) is 0 Å². The van der Waals surface area contributed by atoms with Crippen LogP contribution in [0.4, 0.5) is 0 Å². The molecule has 0 unspecified atom stereocenters. The average molecular weight is 455 g/mol. The van der Waals surface area contributed by atoms with Gasteiger partial charge in [0.2, 0.25) is 0 Å². The molecule has 0 spiro atoms. The zero-order valence-corrected chi connectivity index (χ0v) is 21.1. The normalized spacial score (nSPS) is 20.8. The lowest BCUT2D eigenvalue weighted by atomic mass is 9.87. The highest BCUT2D eigenvalue weighted by atomic mass is 16.5. The smallest absolute Gasteiger partial charge is 0.186 e. The van der Waals surface area contributed by atoms with E-state index in [2.05, 4.69) is 0 Å². The summed E-state index contributed by atoms with van der Waals surface area (Å²) in [5, 5.41) is 9.87. The Morgan fingerprint density at radius 1 is 1.18 bits per heavy atom. The Hall–Kier alpha value is -2.66. The number of phenolic OH excluding ortho intramolecular Hbond substituents is 1. The zero-order chi connectivity index (χ0) is 24.8. The standard InChI is InChI=1S/C28H38O5/c1-19(9-8-13-28(6)25(31)12-14-27(4,5)33-28)15-23(29)16-20(2)10-11-22-18-24(30)17-21(3)26(22)32-7/h10,12,14-15,17-18,30H,8-9,11,13,16H2,1-7H3/b19-15+,20-10+/t28-/m1/s1. The number of carbonyl (C=O) groups excluding carboxylic acids is 2. The van der Waals surface area contributed by atoms with Crippen molar-refractivity contribution in [2.75, 3.05) is 7.11 Å². The number of carbonyl (C=O) groups is 2. The molecule has 1 N–H and O–H groups in total. The molecular weight excluding hydrogens is 416 g/mol. The third-order valence-corrected chi connectivity index (χ3v) is 5.94. The number of ether oxygens (including phenoxy) is 2. The number of benzene rings is 1. The lowest BCUT2D eigenvalue weighted by Crippen LogP contribution is -2.47. The fraction of sp³-hybridized carbons (Fsp3) is 0.500. The van der Waals surface area contributed by atoms with Crippen LogP contribution in [-0.2, 0) is 20.7 Å². The number of rotatable bonds is 10. The van der Waals surface area contributed by atoms with Crippen LogP contribution in [-0.4, -0.2) is 35.0 Å². The second kappa shape index (κ2) is 11.0. The van der Waals surface area contributed by atoms with Gasteiger partial charge in [0.05, 0.1) is 12.7 Å². The van der Waals surface area contributed by atoms with Crippen molar-refractivity contribution < 1.29 is 24.2 Å². The van der Waals surface area contributed by atoms with Crippen LogP contribution in [0, 0.1) is 6.92 Å². The van der Waals surface area contributed by atoms with Crippen LogP contribution in [0.15, 0.2) is 47.6 Å². The summed E-state index contributed by atoms with van der Waals surface area (Å²) >= 11 is 0. The maximum Gasteiger partial charge on any atom is 0.186 e. The van der Waals surface area contributed by atoms with Gasteiger partial charge in [0, 0.05) is 12.0 Å². The fourth-order valence-electron chi connectivity index (χ4n) is 4.30. The molecule has 0 bridgehead atoms. The van der Waals surface area contributed by atoms with Gasteiger partial charge in [-0.1, -0.05) is 17.2 Å². The van der Waals surface area contributed by atoms with Crippen LogP contribution >= 0.6 is 0 Å². The maximum absolute atomic E-state index is 12.5. The van der Waals surface area contributed by atoms with Gasteiger partial charge in [-0.25, -0.2) is 0 Å². The number of hydrogen-bond acceptors (Lipinski definition) is 5. The predicted octanol–water partition coefficient (Wildman–Crippen LogP) is 5.97. The van der Waals surface area contributed by atoms with E-state index < -0.39 is 11.2 Å². The Balaban J connectivity index is 1.89. The number of aryl methyl sites for hydroxylation is 1. The molecule has 1 aromatic carbocycles. The Morgan fingerprint density at radius 2 is 1.88 bits per heavy atom. The molecule has 0 amide bonds. The van der Waals surface area contributed by atoms with Crippen LogP contribution in [0.2, 0.25) is 0 Å². The van der Waals surface area contributed by atoms with Gasteiger partial charge in [0.1, 0.15) is 17.1 Å². The summed E-state index contributed by atoms with van der Waals surface area (Å²) in [4.78, 5) is 24.8. The molecule has 0 fully saturated rings. The van der Waals surface area contributed by atoms with Crippen molar-refractivity contribution in [3.05, 3.63) is 58.7 Å². The van der Waals surface area contributed by atoms with Crippen molar-refractivity contribution >= 4 is 11.6 Å². The van der Waals surface area contributed by atoms with Crippen molar-refractivity contribution in [1.29, 1.82) is 0 Å². The number of aromatic hydroxyl groups is 1. The molecule has 5 nitrogen and oxygen atoms in total. The Kier molecular flexibility index (Phi) is 8.84. The molecular formula is C28H38O5.